The van der Waals surface area contributed by atoms with Gasteiger partial charge < -0.3 is 10.1 Å². The molecule has 5 heteroatoms. The van der Waals surface area contributed by atoms with Crippen molar-refractivity contribution in [1.29, 1.82) is 5.26 Å². The lowest BCUT2D eigenvalue weighted by Gasteiger charge is -2.16. The van der Waals surface area contributed by atoms with Crippen LogP contribution in [0.3, 0.4) is 0 Å². The van der Waals surface area contributed by atoms with E-state index in [0.717, 1.165) is 0 Å². The van der Waals surface area contributed by atoms with Gasteiger partial charge in [0.05, 0.1) is 10.6 Å². The van der Waals surface area contributed by atoms with E-state index in [1.54, 1.807) is 19.1 Å². The van der Waals surface area contributed by atoms with Crippen LogP contribution in [0.4, 0.5) is 0 Å². The Morgan fingerprint density at radius 2 is 2.11 bits per heavy atom. The first kappa shape index (κ1) is 14.3. The molecule has 1 aromatic rings. The molecular weight excluding hydrogens is 252 g/mol. The van der Waals surface area contributed by atoms with E-state index in [0.29, 0.717) is 16.3 Å². The third-order valence-electron chi connectivity index (χ3n) is 2.17. The minimum absolute atomic E-state index is 0.0631. The van der Waals surface area contributed by atoms with E-state index in [2.05, 4.69) is 5.32 Å². The molecule has 96 valence electrons. The molecule has 1 N–H and O–H groups in total. The predicted molar refractivity (Wildman–Crippen MR) is 69.5 cm³/mol. The van der Waals surface area contributed by atoms with Crippen LogP contribution in [0.5, 0.6) is 5.75 Å². The van der Waals surface area contributed by atoms with E-state index in [9.17, 15) is 4.79 Å². The lowest BCUT2D eigenvalue weighted by Crippen LogP contribution is -2.40. The summed E-state index contributed by atoms with van der Waals surface area (Å²) >= 11 is 5.87. The van der Waals surface area contributed by atoms with Crippen LogP contribution in [0, 0.1) is 11.3 Å². The Morgan fingerprint density at radius 1 is 1.44 bits per heavy atom. The maximum Gasteiger partial charge on any atom is 0.260 e. The van der Waals surface area contributed by atoms with Crippen molar-refractivity contribution in [3.8, 4) is 11.8 Å². The molecule has 0 aliphatic carbocycles. The number of hydrogen-bond acceptors (Lipinski definition) is 3. The summed E-state index contributed by atoms with van der Waals surface area (Å²) in [4.78, 5) is 11.6. The molecule has 0 saturated heterocycles. The molecule has 0 bridgehead atoms. The number of nitriles is 1. The maximum atomic E-state index is 11.6. The molecule has 4 nitrogen and oxygen atoms in total. The molecular formula is C13H15ClN2O2. The van der Waals surface area contributed by atoms with Gasteiger partial charge in [0.2, 0.25) is 0 Å². The van der Waals surface area contributed by atoms with Crippen LogP contribution >= 0.6 is 11.6 Å². The van der Waals surface area contributed by atoms with E-state index in [4.69, 9.17) is 21.6 Å². The summed E-state index contributed by atoms with van der Waals surface area (Å²) in [6, 6.07) is 6.72. The zero-order valence-corrected chi connectivity index (χ0v) is 11.3. The van der Waals surface area contributed by atoms with Crippen LogP contribution in [0.1, 0.15) is 26.3 Å². The molecule has 0 aliphatic heterocycles. The molecule has 1 rings (SSSR count). The van der Waals surface area contributed by atoms with Gasteiger partial charge in [-0.1, -0.05) is 11.6 Å². The van der Waals surface area contributed by atoms with E-state index in [1.807, 2.05) is 19.9 Å². The largest absolute Gasteiger partial charge is 0.481 e. The number of rotatable bonds is 4. The summed E-state index contributed by atoms with van der Waals surface area (Å²) in [7, 11) is 0. The van der Waals surface area contributed by atoms with Crippen molar-refractivity contribution in [3.05, 3.63) is 28.8 Å². The van der Waals surface area contributed by atoms with Crippen molar-refractivity contribution in [2.45, 2.75) is 32.9 Å². The molecule has 0 spiro atoms. The van der Waals surface area contributed by atoms with Crippen LogP contribution in [-0.2, 0) is 4.79 Å². The monoisotopic (exact) mass is 266 g/mol. The minimum atomic E-state index is -0.614. The predicted octanol–water partition coefficient (Wildman–Crippen LogP) is 2.50. The molecule has 0 aromatic heterocycles. The van der Waals surface area contributed by atoms with Gasteiger partial charge in [-0.3, -0.25) is 4.79 Å². The smallest absolute Gasteiger partial charge is 0.260 e. The Labute approximate surface area is 112 Å². The summed E-state index contributed by atoms with van der Waals surface area (Å²) in [6.45, 7) is 5.41. The zero-order valence-electron chi connectivity index (χ0n) is 10.5. The lowest BCUT2D eigenvalue weighted by atomic mass is 10.2. The first-order chi connectivity index (χ1) is 8.43. The summed E-state index contributed by atoms with van der Waals surface area (Å²) in [5, 5.41) is 11.8. The van der Waals surface area contributed by atoms with Crippen molar-refractivity contribution >= 4 is 17.5 Å². The van der Waals surface area contributed by atoms with Crippen molar-refractivity contribution in [2.75, 3.05) is 0 Å². The van der Waals surface area contributed by atoms with Crippen molar-refractivity contribution in [1.82, 2.24) is 5.32 Å². The molecule has 1 atom stereocenters. The van der Waals surface area contributed by atoms with Gasteiger partial charge in [0.15, 0.2) is 6.10 Å². The molecule has 1 unspecified atom stereocenters. The van der Waals surface area contributed by atoms with Crippen LogP contribution < -0.4 is 10.1 Å². The highest BCUT2D eigenvalue weighted by Gasteiger charge is 2.15. The fourth-order valence-corrected chi connectivity index (χ4v) is 1.53. The van der Waals surface area contributed by atoms with E-state index in [1.165, 1.54) is 6.07 Å². The SMILES string of the molecule is CC(C)NC(=O)C(C)Oc1ccc(C#N)c(Cl)c1. The van der Waals surface area contributed by atoms with E-state index >= 15 is 0 Å². The number of nitrogens with zero attached hydrogens (tertiary/aromatic N) is 1. The first-order valence-electron chi connectivity index (χ1n) is 5.60. The van der Waals surface area contributed by atoms with Gasteiger partial charge in [-0.2, -0.15) is 5.26 Å². The second-order valence-corrected chi connectivity index (χ2v) is 4.58. The second kappa shape index (κ2) is 6.27. The molecule has 18 heavy (non-hydrogen) atoms. The Morgan fingerprint density at radius 3 is 2.61 bits per heavy atom. The Balaban J connectivity index is 2.71. The molecule has 0 fully saturated rings. The molecule has 0 heterocycles. The highest BCUT2D eigenvalue weighted by molar-refractivity contribution is 6.31. The van der Waals surface area contributed by atoms with Gasteiger partial charge >= 0.3 is 0 Å². The van der Waals surface area contributed by atoms with Crippen LogP contribution in [0.25, 0.3) is 0 Å². The summed E-state index contributed by atoms with van der Waals surface area (Å²) in [5.41, 5.74) is 0.378. The quantitative estimate of drug-likeness (QED) is 0.911. The number of carbonyl (C=O) groups is 1. The Kier molecular flexibility index (Phi) is 4.99. The van der Waals surface area contributed by atoms with Crippen molar-refractivity contribution in [2.24, 2.45) is 0 Å². The average molecular weight is 267 g/mol. The standard InChI is InChI=1S/C13H15ClN2O2/c1-8(2)16-13(17)9(3)18-11-5-4-10(7-15)12(14)6-11/h4-6,8-9H,1-3H3,(H,16,17). The van der Waals surface area contributed by atoms with Gasteiger partial charge in [-0.25, -0.2) is 0 Å². The highest BCUT2D eigenvalue weighted by Crippen LogP contribution is 2.22. The summed E-state index contributed by atoms with van der Waals surface area (Å²) < 4.78 is 5.45. The topological polar surface area (TPSA) is 62.1 Å². The molecule has 0 saturated carbocycles. The van der Waals surface area contributed by atoms with Crippen LogP contribution in [0.2, 0.25) is 5.02 Å². The first-order valence-corrected chi connectivity index (χ1v) is 5.98. The van der Waals surface area contributed by atoms with Crippen molar-refractivity contribution in [3.63, 3.8) is 0 Å². The highest BCUT2D eigenvalue weighted by atomic mass is 35.5. The van der Waals surface area contributed by atoms with Crippen LogP contribution in [0.15, 0.2) is 18.2 Å². The number of carbonyl (C=O) groups excluding carboxylic acids is 1. The number of nitrogens with one attached hydrogen (secondary N) is 1. The van der Waals surface area contributed by atoms with Gasteiger partial charge in [0.1, 0.15) is 11.8 Å². The van der Waals surface area contributed by atoms with Gasteiger partial charge in [0, 0.05) is 12.1 Å². The maximum absolute atomic E-state index is 11.6. The molecule has 0 radical (unpaired) electrons. The third kappa shape index (κ3) is 3.94. The van der Waals surface area contributed by atoms with Gasteiger partial charge in [-0.05, 0) is 32.9 Å². The van der Waals surface area contributed by atoms with E-state index in [-0.39, 0.29) is 11.9 Å². The second-order valence-electron chi connectivity index (χ2n) is 4.18. The van der Waals surface area contributed by atoms with Gasteiger partial charge in [-0.15, -0.1) is 0 Å². The Hall–Kier alpha value is -1.73. The zero-order chi connectivity index (χ0) is 13.7. The number of ether oxygens (including phenoxy) is 1. The molecule has 1 amide bonds. The minimum Gasteiger partial charge on any atom is -0.481 e. The molecule has 1 aromatic carbocycles. The fourth-order valence-electron chi connectivity index (χ4n) is 1.32. The number of amides is 1. The van der Waals surface area contributed by atoms with E-state index < -0.39 is 6.10 Å². The number of hydrogen-bond donors (Lipinski definition) is 1. The fraction of sp³-hybridized carbons (Fsp3) is 0.385. The van der Waals surface area contributed by atoms with Crippen molar-refractivity contribution < 1.29 is 9.53 Å². The Bertz CT molecular complexity index is 480. The van der Waals surface area contributed by atoms with Crippen LogP contribution in [-0.4, -0.2) is 18.1 Å². The number of benzene rings is 1. The average Bonchev–Trinajstić information content (AvgIpc) is 2.28. The third-order valence-corrected chi connectivity index (χ3v) is 2.49. The lowest BCUT2D eigenvalue weighted by molar-refractivity contribution is -0.127. The normalized spacial score (nSPS) is 11.8. The molecule has 0 aliphatic rings. The summed E-state index contributed by atoms with van der Waals surface area (Å²) in [5.74, 6) is 0.274. The van der Waals surface area contributed by atoms with Gasteiger partial charge in [0.25, 0.3) is 5.91 Å². The summed E-state index contributed by atoms with van der Waals surface area (Å²) in [6.07, 6.45) is -0.614. The number of halogens is 1.